The Bertz CT molecular complexity index is 716. The van der Waals surface area contributed by atoms with Crippen LogP contribution in [0.4, 0.5) is 5.69 Å². The molecule has 3 aromatic rings. The van der Waals surface area contributed by atoms with Gasteiger partial charge in [-0.3, -0.25) is 9.89 Å². The minimum absolute atomic E-state index is 0.125. The lowest BCUT2D eigenvalue weighted by molar-refractivity contribution is 0.103. The van der Waals surface area contributed by atoms with Gasteiger partial charge in [0, 0.05) is 11.3 Å². The molecule has 4 nitrogen and oxygen atoms in total. The van der Waals surface area contributed by atoms with Crippen molar-refractivity contribution in [2.75, 3.05) is 5.73 Å². The zero-order valence-corrected chi connectivity index (χ0v) is 9.55. The van der Waals surface area contributed by atoms with E-state index in [1.165, 1.54) is 0 Å². The second-order valence-corrected chi connectivity index (χ2v) is 4.04. The third kappa shape index (κ3) is 1.55. The van der Waals surface area contributed by atoms with Gasteiger partial charge >= 0.3 is 0 Å². The fourth-order valence-corrected chi connectivity index (χ4v) is 1.99. The first-order valence-corrected chi connectivity index (χ1v) is 5.59. The maximum absolute atomic E-state index is 12.3. The standard InChI is InChI=1S/C14H11N3O/c15-10-7-4-8-11-12(10)13(17-16-11)14(18)9-5-2-1-3-6-9/h1-8H,15H2,(H,16,17). The molecule has 0 aliphatic heterocycles. The number of hydrogen-bond donors (Lipinski definition) is 2. The van der Waals surface area contributed by atoms with Crippen LogP contribution in [0.3, 0.4) is 0 Å². The third-order valence-electron chi connectivity index (χ3n) is 2.87. The SMILES string of the molecule is Nc1cccc2[nH]nc(C(=O)c3ccccc3)c12. The summed E-state index contributed by atoms with van der Waals surface area (Å²) >= 11 is 0. The number of H-pyrrole nitrogens is 1. The Morgan fingerprint density at radius 3 is 2.61 bits per heavy atom. The van der Waals surface area contributed by atoms with Gasteiger partial charge in [-0.2, -0.15) is 5.10 Å². The first-order chi connectivity index (χ1) is 8.77. The number of aromatic amines is 1. The van der Waals surface area contributed by atoms with Crippen molar-refractivity contribution < 1.29 is 4.79 Å². The Labute approximate surface area is 103 Å². The van der Waals surface area contributed by atoms with Crippen LogP contribution in [0.15, 0.2) is 48.5 Å². The van der Waals surface area contributed by atoms with Crippen molar-refractivity contribution in [3.8, 4) is 0 Å². The number of nitrogens with zero attached hydrogens (tertiary/aromatic N) is 1. The van der Waals surface area contributed by atoms with Crippen molar-refractivity contribution in [2.45, 2.75) is 0 Å². The Hall–Kier alpha value is -2.62. The summed E-state index contributed by atoms with van der Waals surface area (Å²) in [6.45, 7) is 0. The lowest BCUT2D eigenvalue weighted by Crippen LogP contribution is -2.03. The van der Waals surface area contributed by atoms with Crippen molar-refractivity contribution in [1.82, 2.24) is 10.2 Å². The van der Waals surface area contributed by atoms with Gasteiger partial charge in [-0.1, -0.05) is 36.4 Å². The number of fused-ring (bicyclic) bond motifs is 1. The molecule has 4 heteroatoms. The number of carbonyl (C=O) groups excluding carboxylic acids is 1. The highest BCUT2D eigenvalue weighted by Gasteiger charge is 2.17. The van der Waals surface area contributed by atoms with Crippen LogP contribution in [0, 0.1) is 0 Å². The highest BCUT2D eigenvalue weighted by atomic mass is 16.1. The molecule has 3 rings (SSSR count). The smallest absolute Gasteiger partial charge is 0.213 e. The van der Waals surface area contributed by atoms with Crippen LogP contribution in [0.1, 0.15) is 16.1 Å². The molecule has 0 aliphatic rings. The zero-order valence-electron chi connectivity index (χ0n) is 9.55. The van der Waals surface area contributed by atoms with Gasteiger partial charge < -0.3 is 5.73 Å². The second-order valence-electron chi connectivity index (χ2n) is 4.04. The van der Waals surface area contributed by atoms with Gasteiger partial charge in [-0.05, 0) is 12.1 Å². The normalized spacial score (nSPS) is 10.7. The van der Waals surface area contributed by atoms with Gasteiger partial charge in [-0.15, -0.1) is 0 Å². The third-order valence-corrected chi connectivity index (χ3v) is 2.87. The highest BCUT2D eigenvalue weighted by molar-refractivity contribution is 6.17. The van der Waals surface area contributed by atoms with E-state index in [9.17, 15) is 4.79 Å². The minimum atomic E-state index is -0.125. The summed E-state index contributed by atoms with van der Waals surface area (Å²) in [6, 6.07) is 14.5. The summed E-state index contributed by atoms with van der Waals surface area (Å²) in [5, 5.41) is 7.59. The molecule has 0 aliphatic carbocycles. The largest absolute Gasteiger partial charge is 0.398 e. The molecule has 0 amide bonds. The molecule has 0 unspecified atom stereocenters. The van der Waals surface area contributed by atoms with E-state index in [1.54, 1.807) is 18.2 Å². The predicted molar refractivity (Wildman–Crippen MR) is 70.4 cm³/mol. The number of nitrogens with two attached hydrogens (primary N) is 1. The Morgan fingerprint density at radius 1 is 1.06 bits per heavy atom. The number of nitrogens with one attached hydrogen (secondary N) is 1. The Morgan fingerprint density at radius 2 is 1.83 bits per heavy atom. The number of benzene rings is 2. The van der Waals surface area contributed by atoms with Crippen molar-refractivity contribution in [3.63, 3.8) is 0 Å². The minimum Gasteiger partial charge on any atom is -0.398 e. The number of anilines is 1. The molecule has 0 fully saturated rings. The van der Waals surface area contributed by atoms with Crippen LogP contribution in [-0.4, -0.2) is 16.0 Å². The number of hydrogen-bond acceptors (Lipinski definition) is 3. The van der Waals surface area contributed by atoms with Gasteiger partial charge in [0.25, 0.3) is 0 Å². The van der Waals surface area contributed by atoms with Crippen molar-refractivity contribution >= 4 is 22.4 Å². The van der Waals surface area contributed by atoms with E-state index < -0.39 is 0 Å². The summed E-state index contributed by atoms with van der Waals surface area (Å²) in [6.07, 6.45) is 0. The predicted octanol–water partition coefficient (Wildman–Crippen LogP) is 2.38. The average molecular weight is 237 g/mol. The molecule has 0 saturated heterocycles. The first kappa shape index (κ1) is 10.5. The van der Waals surface area contributed by atoms with E-state index in [0.717, 1.165) is 5.52 Å². The van der Waals surface area contributed by atoms with Crippen molar-refractivity contribution in [2.24, 2.45) is 0 Å². The van der Waals surface area contributed by atoms with Crippen LogP contribution in [0.5, 0.6) is 0 Å². The molecule has 88 valence electrons. The van der Waals surface area contributed by atoms with Crippen molar-refractivity contribution in [1.29, 1.82) is 0 Å². The fraction of sp³-hybridized carbons (Fsp3) is 0. The molecule has 0 atom stereocenters. The number of aromatic nitrogens is 2. The van der Waals surface area contributed by atoms with E-state index in [2.05, 4.69) is 10.2 Å². The summed E-state index contributed by atoms with van der Waals surface area (Å²) in [5.41, 5.74) is 8.21. The van der Waals surface area contributed by atoms with Gasteiger partial charge in [0.1, 0.15) is 5.69 Å². The molecule has 0 saturated carbocycles. The number of carbonyl (C=O) groups is 1. The zero-order chi connectivity index (χ0) is 12.5. The number of nitrogen functional groups attached to an aromatic ring is 1. The van der Waals surface area contributed by atoms with Crippen molar-refractivity contribution in [3.05, 3.63) is 59.8 Å². The molecule has 1 heterocycles. The topological polar surface area (TPSA) is 71.8 Å². The molecular formula is C14H11N3O. The number of ketones is 1. The maximum Gasteiger partial charge on any atom is 0.213 e. The van der Waals surface area contributed by atoms with Crippen LogP contribution in [-0.2, 0) is 0 Å². The first-order valence-electron chi connectivity index (χ1n) is 5.59. The molecule has 18 heavy (non-hydrogen) atoms. The highest BCUT2D eigenvalue weighted by Crippen LogP contribution is 2.24. The number of rotatable bonds is 2. The average Bonchev–Trinajstić information content (AvgIpc) is 2.84. The van der Waals surface area contributed by atoms with Crippen LogP contribution in [0.2, 0.25) is 0 Å². The molecule has 0 radical (unpaired) electrons. The monoisotopic (exact) mass is 237 g/mol. The van der Waals surface area contributed by atoms with Gasteiger partial charge in [0.05, 0.1) is 10.9 Å². The molecule has 1 aromatic heterocycles. The second kappa shape index (κ2) is 4.00. The van der Waals surface area contributed by atoms with E-state index >= 15 is 0 Å². The van der Waals surface area contributed by atoms with Gasteiger partial charge in [0.2, 0.25) is 5.78 Å². The molecule has 0 spiro atoms. The summed E-state index contributed by atoms with van der Waals surface area (Å²) in [7, 11) is 0. The van der Waals surface area contributed by atoms with E-state index in [0.29, 0.717) is 22.3 Å². The lowest BCUT2D eigenvalue weighted by Gasteiger charge is -2.00. The Balaban J connectivity index is 2.19. The van der Waals surface area contributed by atoms with Crippen LogP contribution >= 0.6 is 0 Å². The fourth-order valence-electron chi connectivity index (χ4n) is 1.99. The van der Waals surface area contributed by atoms with Crippen LogP contribution in [0.25, 0.3) is 10.9 Å². The summed E-state index contributed by atoms with van der Waals surface area (Å²) in [4.78, 5) is 12.3. The van der Waals surface area contributed by atoms with Gasteiger partial charge in [-0.25, -0.2) is 0 Å². The molecule has 2 aromatic carbocycles. The summed E-state index contributed by atoms with van der Waals surface area (Å²) < 4.78 is 0. The summed E-state index contributed by atoms with van der Waals surface area (Å²) in [5.74, 6) is -0.125. The van der Waals surface area contributed by atoms with E-state index in [4.69, 9.17) is 5.73 Å². The van der Waals surface area contributed by atoms with Gasteiger partial charge in [0.15, 0.2) is 0 Å². The van der Waals surface area contributed by atoms with Crippen LogP contribution < -0.4 is 5.73 Å². The Kier molecular flexibility index (Phi) is 2.34. The molecular weight excluding hydrogens is 226 g/mol. The maximum atomic E-state index is 12.3. The quantitative estimate of drug-likeness (QED) is 0.531. The van der Waals surface area contributed by atoms with E-state index in [-0.39, 0.29) is 5.78 Å². The lowest BCUT2D eigenvalue weighted by atomic mass is 10.0. The molecule has 3 N–H and O–H groups in total. The molecule has 0 bridgehead atoms. The van der Waals surface area contributed by atoms with E-state index in [1.807, 2.05) is 30.3 Å².